The van der Waals surface area contributed by atoms with E-state index in [0.717, 1.165) is 41.1 Å². The molecule has 1 aliphatic rings. The highest BCUT2D eigenvalue weighted by Gasteiger charge is 2.26. The van der Waals surface area contributed by atoms with Gasteiger partial charge in [0.2, 0.25) is 0 Å². The molecule has 1 heterocycles. The fourth-order valence-electron chi connectivity index (χ4n) is 3.64. The Morgan fingerprint density at radius 3 is 2.71 bits per heavy atom. The molecule has 2 heteroatoms. The molecule has 0 aliphatic heterocycles. The summed E-state index contributed by atoms with van der Waals surface area (Å²) in [7, 11) is 0. The molecule has 1 aromatic heterocycles. The van der Waals surface area contributed by atoms with Crippen molar-refractivity contribution < 1.29 is 9.52 Å². The smallest absolute Gasteiger partial charge is 0.135 e. The van der Waals surface area contributed by atoms with E-state index in [2.05, 4.69) is 27.7 Å². The molecule has 2 nitrogen and oxygen atoms in total. The maximum absolute atomic E-state index is 10.4. The van der Waals surface area contributed by atoms with E-state index in [1.54, 1.807) is 0 Å². The number of aromatic hydroxyl groups is 1. The van der Waals surface area contributed by atoms with Crippen molar-refractivity contribution in [3.05, 3.63) is 29.0 Å². The lowest BCUT2D eigenvalue weighted by atomic mass is 9.82. The number of rotatable bonds is 2. The number of phenols is 1. The lowest BCUT2D eigenvalue weighted by molar-refractivity contribution is 0.390. The second kappa shape index (κ2) is 5.08. The topological polar surface area (TPSA) is 33.4 Å². The first-order valence-electron chi connectivity index (χ1n) is 8.18. The van der Waals surface area contributed by atoms with Crippen LogP contribution in [0.2, 0.25) is 0 Å². The number of fused-ring (bicyclic) bond motifs is 3. The first-order valence-corrected chi connectivity index (χ1v) is 8.18. The average molecular weight is 286 g/mol. The third-order valence-electron chi connectivity index (χ3n) is 4.77. The van der Waals surface area contributed by atoms with Crippen molar-refractivity contribution in [3.8, 4) is 5.75 Å². The first-order chi connectivity index (χ1) is 9.90. The zero-order valence-electron chi connectivity index (χ0n) is 13.6. The molecule has 1 aromatic carbocycles. The quantitative estimate of drug-likeness (QED) is 0.808. The molecule has 1 unspecified atom stereocenters. The zero-order chi connectivity index (χ0) is 15.2. The normalized spacial score (nSPS) is 19.0. The molecule has 1 atom stereocenters. The number of hydrogen-bond acceptors (Lipinski definition) is 2. The molecule has 3 rings (SSSR count). The predicted octanol–water partition coefficient (Wildman–Crippen LogP) is 5.34. The number of phenolic OH excluding ortho intramolecular Hbond substituents is 1. The van der Waals surface area contributed by atoms with Crippen molar-refractivity contribution in [2.24, 2.45) is 5.92 Å². The monoisotopic (exact) mass is 286 g/mol. The molecule has 0 saturated heterocycles. The molecule has 1 N–H and O–H groups in total. The molecule has 0 spiro atoms. The number of benzene rings is 1. The third kappa shape index (κ3) is 2.56. The number of hydrogen-bond donors (Lipinski definition) is 1. The second-order valence-electron chi connectivity index (χ2n) is 7.52. The second-order valence-corrected chi connectivity index (χ2v) is 7.52. The molecule has 0 fully saturated rings. The van der Waals surface area contributed by atoms with E-state index in [4.69, 9.17) is 4.42 Å². The Balaban J connectivity index is 2.08. The first kappa shape index (κ1) is 14.5. The predicted molar refractivity (Wildman–Crippen MR) is 87.0 cm³/mol. The van der Waals surface area contributed by atoms with Crippen LogP contribution in [0.1, 0.15) is 63.8 Å². The Morgan fingerprint density at radius 1 is 1.29 bits per heavy atom. The summed E-state index contributed by atoms with van der Waals surface area (Å²) in [6, 6.07) is 3.96. The highest BCUT2D eigenvalue weighted by atomic mass is 16.3. The summed E-state index contributed by atoms with van der Waals surface area (Å²) in [5, 5.41) is 11.5. The van der Waals surface area contributed by atoms with Gasteiger partial charge in [-0.1, -0.05) is 40.5 Å². The summed E-state index contributed by atoms with van der Waals surface area (Å²) in [5.41, 5.74) is 3.17. The van der Waals surface area contributed by atoms with Gasteiger partial charge < -0.3 is 9.52 Å². The van der Waals surface area contributed by atoms with E-state index >= 15 is 0 Å². The molecular formula is C19H26O2. The van der Waals surface area contributed by atoms with Crippen LogP contribution in [0, 0.1) is 5.92 Å². The molecule has 114 valence electrons. The number of furan rings is 1. The van der Waals surface area contributed by atoms with Gasteiger partial charge in [-0.2, -0.15) is 0 Å². The van der Waals surface area contributed by atoms with Gasteiger partial charge >= 0.3 is 0 Å². The van der Waals surface area contributed by atoms with Gasteiger partial charge in [-0.3, -0.25) is 0 Å². The Morgan fingerprint density at radius 2 is 2.05 bits per heavy atom. The van der Waals surface area contributed by atoms with Gasteiger partial charge in [-0.25, -0.2) is 0 Å². The maximum atomic E-state index is 10.4. The highest BCUT2D eigenvalue weighted by Crippen LogP contribution is 2.40. The largest absolute Gasteiger partial charge is 0.508 e. The maximum Gasteiger partial charge on any atom is 0.135 e. The van der Waals surface area contributed by atoms with Crippen LogP contribution >= 0.6 is 0 Å². The fraction of sp³-hybridized carbons (Fsp3) is 0.579. The molecule has 0 radical (unpaired) electrons. The molecule has 0 saturated carbocycles. The standard InChI is InChI=1S/C19H26O2/c1-5-6-12-7-8-17-13(9-12)14-10-16(20)15(19(2,3)4)11-18(14)21-17/h10-12,20H,5-9H2,1-4H3. The van der Waals surface area contributed by atoms with E-state index in [1.165, 1.54) is 24.8 Å². The minimum Gasteiger partial charge on any atom is -0.508 e. The summed E-state index contributed by atoms with van der Waals surface area (Å²) in [4.78, 5) is 0. The Labute approximate surface area is 127 Å². The van der Waals surface area contributed by atoms with E-state index in [-0.39, 0.29) is 5.41 Å². The Kier molecular flexibility index (Phi) is 3.51. The van der Waals surface area contributed by atoms with Gasteiger partial charge in [-0.05, 0) is 36.3 Å². The Hall–Kier alpha value is -1.44. The third-order valence-corrected chi connectivity index (χ3v) is 4.77. The van der Waals surface area contributed by atoms with E-state index < -0.39 is 0 Å². The van der Waals surface area contributed by atoms with Crippen molar-refractivity contribution in [2.45, 2.75) is 65.2 Å². The minimum absolute atomic E-state index is 0.0731. The summed E-state index contributed by atoms with van der Waals surface area (Å²) >= 11 is 0. The van der Waals surface area contributed by atoms with Crippen LogP contribution in [0.25, 0.3) is 11.0 Å². The van der Waals surface area contributed by atoms with Crippen molar-refractivity contribution in [1.82, 2.24) is 0 Å². The SMILES string of the molecule is CCCC1CCc2oc3cc(C(C)(C)C)c(O)cc3c2C1. The van der Waals surface area contributed by atoms with Crippen molar-refractivity contribution >= 4 is 11.0 Å². The van der Waals surface area contributed by atoms with Crippen LogP contribution in [-0.2, 0) is 18.3 Å². The van der Waals surface area contributed by atoms with Gasteiger partial charge in [-0.15, -0.1) is 0 Å². The van der Waals surface area contributed by atoms with Crippen LogP contribution < -0.4 is 0 Å². The molecule has 2 aromatic rings. The van der Waals surface area contributed by atoms with Gasteiger partial charge in [0, 0.05) is 22.9 Å². The number of aryl methyl sites for hydroxylation is 1. The zero-order valence-corrected chi connectivity index (χ0v) is 13.6. The van der Waals surface area contributed by atoms with Crippen LogP contribution in [0.3, 0.4) is 0 Å². The van der Waals surface area contributed by atoms with Gasteiger partial charge in [0.15, 0.2) is 0 Å². The van der Waals surface area contributed by atoms with Gasteiger partial charge in [0.1, 0.15) is 17.1 Å². The summed E-state index contributed by atoms with van der Waals surface area (Å²) in [6.45, 7) is 8.61. The highest BCUT2D eigenvalue weighted by molar-refractivity contribution is 5.85. The minimum atomic E-state index is -0.0731. The molecule has 21 heavy (non-hydrogen) atoms. The molecule has 0 amide bonds. The van der Waals surface area contributed by atoms with E-state index in [1.807, 2.05) is 12.1 Å². The van der Waals surface area contributed by atoms with Crippen LogP contribution in [-0.4, -0.2) is 5.11 Å². The Bertz CT molecular complexity index is 658. The lowest BCUT2D eigenvalue weighted by Crippen LogP contribution is -2.12. The summed E-state index contributed by atoms with van der Waals surface area (Å²) in [6.07, 6.45) is 5.91. The summed E-state index contributed by atoms with van der Waals surface area (Å²) < 4.78 is 6.10. The van der Waals surface area contributed by atoms with Crippen LogP contribution in [0.5, 0.6) is 5.75 Å². The van der Waals surface area contributed by atoms with Crippen LogP contribution in [0.15, 0.2) is 16.5 Å². The van der Waals surface area contributed by atoms with Crippen molar-refractivity contribution in [3.63, 3.8) is 0 Å². The van der Waals surface area contributed by atoms with Gasteiger partial charge in [0.05, 0.1) is 0 Å². The van der Waals surface area contributed by atoms with Crippen LogP contribution in [0.4, 0.5) is 0 Å². The molecular weight excluding hydrogens is 260 g/mol. The van der Waals surface area contributed by atoms with Crippen molar-refractivity contribution in [1.29, 1.82) is 0 Å². The van der Waals surface area contributed by atoms with E-state index in [0.29, 0.717) is 5.75 Å². The molecule has 1 aliphatic carbocycles. The molecule has 0 bridgehead atoms. The van der Waals surface area contributed by atoms with Crippen molar-refractivity contribution in [2.75, 3.05) is 0 Å². The average Bonchev–Trinajstić information content (AvgIpc) is 2.74. The van der Waals surface area contributed by atoms with E-state index in [9.17, 15) is 5.11 Å². The summed E-state index contributed by atoms with van der Waals surface area (Å²) in [5.74, 6) is 2.31. The lowest BCUT2D eigenvalue weighted by Gasteiger charge is -2.21. The fourth-order valence-corrected chi connectivity index (χ4v) is 3.64. The van der Waals surface area contributed by atoms with Gasteiger partial charge in [0.25, 0.3) is 0 Å².